The van der Waals surface area contributed by atoms with E-state index in [-0.39, 0.29) is 0 Å². The molecule has 144 valence electrons. The second kappa shape index (κ2) is 9.43. The topological polar surface area (TPSA) is 30.8 Å². The Balaban J connectivity index is 1.79. The molecule has 4 heteroatoms. The lowest BCUT2D eigenvalue weighted by molar-refractivity contribution is 0.269. The summed E-state index contributed by atoms with van der Waals surface area (Å²) in [7, 11) is 0. The Hall–Kier alpha value is -2.78. The van der Waals surface area contributed by atoms with Crippen molar-refractivity contribution in [3.63, 3.8) is 0 Å². The van der Waals surface area contributed by atoms with Gasteiger partial charge in [0.05, 0.1) is 12.3 Å². The van der Waals surface area contributed by atoms with Crippen LogP contribution in [0, 0.1) is 13.8 Å². The highest BCUT2D eigenvalue weighted by Gasteiger charge is 2.08. The molecule has 3 aromatic carbocycles. The van der Waals surface area contributed by atoms with Gasteiger partial charge in [-0.05, 0) is 67.8 Å². The molecular weight excluding hydrogens is 370 g/mol. The number of hydrogen-bond donors (Lipinski definition) is 0. The molecule has 0 aromatic heterocycles. The minimum absolute atomic E-state index is 0.385. The van der Waals surface area contributed by atoms with Crippen LogP contribution in [-0.2, 0) is 6.61 Å². The molecule has 0 spiro atoms. The molecular formula is C24H24ClNO2. The normalized spacial score (nSPS) is 11.0. The number of rotatable bonds is 7. The van der Waals surface area contributed by atoms with Crippen molar-refractivity contribution >= 4 is 23.5 Å². The predicted molar refractivity (Wildman–Crippen MR) is 117 cm³/mol. The predicted octanol–water partition coefficient (Wildman–Crippen LogP) is 6.69. The van der Waals surface area contributed by atoms with E-state index in [2.05, 4.69) is 37.0 Å². The van der Waals surface area contributed by atoms with Crippen LogP contribution in [0.4, 0.5) is 5.69 Å². The van der Waals surface area contributed by atoms with Crippen LogP contribution in [-0.4, -0.2) is 12.8 Å². The molecule has 0 amide bonds. The van der Waals surface area contributed by atoms with Crippen LogP contribution in [0.3, 0.4) is 0 Å². The van der Waals surface area contributed by atoms with E-state index in [1.54, 1.807) is 0 Å². The molecule has 0 saturated heterocycles. The van der Waals surface area contributed by atoms with Crippen LogP contribution < -0.4 is 9.47 Å². The molecule has 0 N–H and O–H groups in total. The van der Waals surface area contributed by atoms with Crippen molar-refractivity contribution in [2.75, 3.05) is 6.61 Å². The molecule has 3 aromatic rings. The molecule has 0 atom stereocenters. The molecule has 0 radical (unpaired) electrons. The number of benzene rings is 3. The molecule has 0 aliphatic heterocycles. The van der Waals surface area contributed by atoms with Gasteiger partial charge < -0.3 is 9.47 Å². The first kappa shape index (κ1) is 20.0. The third kappa shape index (κ3) is 5.14. The van der Waals surface area contributed by atoms with Crippen molar-refractivity contribution in [3.8, 4) is 11.5 Å². The van der Waals surface area contributed by atoms with Gasteiger partial charge in [-0.25, -0.2) is 0 Å². The number of ether oxygens (including phenoxy) is 2. The SMILES string of the molecule is CCOc1cc(C=Nc2cc(C)ccc2C)ccc1OCc1ccccc1Cl. The van der Waals surface area contributed by atoms with Crippen molar-refractivity contribution in [1.29, 1.82) is 0 Å². The zero-order valence-corrected chi connectivity index (χ0v) is 17.2. The van der Waals surface area contributed by atoms with Crippen LogP contribution in [0.2, 0.25) is 5.02 Å². The van der Waals surface area contributed by atoms with Crippen molar-refractivity contribution in [3.05, 3.63) is 87.9 Å². The lowest BCUT2D eigenvalue weighted by atomic mass is 10.1. The summed E-state index contributed by atoms with van der Waals surface area (Å²) in [6, 6.07) is 19.7. The Morgan fingerprint density at radius 3 is 2.54 bits per heavy atom. The molecule has 28 heavy (non-hydrogen) atoms. The van der Waals surface area contributed by atoms with E-state index in [4.69, 9.17) is 21.1 Å². The summed E-state index contributed by atoms with van der Waals surface area (Å²) in [5, 5.41) is 0.692. The number of aliphatic imine (C=N–C) groups is 1. The van der Waals surface area contributed by atoms with Gasteiger partial charge in [-0.3, -0.25) is 4.99 Å². The van der Waals surface area contributed by atoms with E-state index in [0.29, 0.717) is 29.7 Å². The van der Waals surface area contributed by atoms with Crippen LogP contribution in [0.1, 0.15) is 29.2 Å². The van der Waals surface area contributed by atoms with E-state index >= 15 is 0 Å². The van der Waals surface area contributed by atoms with Crippen molar-refractivity contribution in [1.82, 2.24) is 0 Å². The van der Waals surface area contributed by atoms with Crippen molar-refractivity contribution in [2.45, 2.75) is 27.4 Å². The highest BCUT2D eigenvalue weighted by atomic mass is 35.5. The second-order valence-corrected chi connectivity index (χ2v) is 6.97. The third-order valence-corrected chi connectivity index (χ3v) is 4.69. The van der Waals surface area contributed by atoms with Gasteiger partial charge in [0, 0.05) is 16.8 Å². The molecule has 0 saturated carbocycles. The van der Waals surface area contributed by atoms with E-state index in [0.717, 1.165) is 22.4 Å². The zero-order chi connectivity index (χ0) is 19.9. The molecule has 0 bridgehead atoms. The summed E-state index contributed by atoms with van der Waals surface area (Å²) in [6.07, 6.45) is 1.85. The molecule has 0 unspecified atom stereocenters. The molecule has 0 heterocycles. The first-order chi connectivity index (χ1) is 13.6. The third-order valence-electron chi connectivity index (χ3n) is 4.33. The first-order valence-electron chi connectivity index (χ1n) is 9.31. The Morgan fingerprint density at radius 2 is 1.75 bits per heavy atom. The average Bonchev–Trinajstić information content (AvgIpc) is 2.69. The average molecular weight is 394 g/mol. The van der Waals surface area contributed by atoms with Crippen LogP contribution in [0.25, 0.3) is 0 Å². The Labute approximate surface area is 171 Å². The Kier molecular flexibility index (Phi) is 6.72. The summed E-state index contributed by atoms with van der Waals surface area (Å²) in [5.41, 5.74) is 5.20. The lowest BCUT2D eigenvalue weighted by Crippen LogP contribution is -2.01. The Morgan fingerprint density at radius 1 is 0.929 bits per heavy atom. The van der Waals surface area contributed by atoms with E-state index in [9.17, 15) is 0 Å². The van der Waals surface area contributed by atoms with Gasteiger partial charge in [0.2, 0.25) is 0 Å². The van der Waals surface area contributed by atoms with E-state index in [1.807, 2.05) is 55.6 Å². The molecule has 3 nitrogen and oxygen atoms in total. The number of aryl methyl sites for hydroxylation is 2. The highest BCUT2D eigenvalue weighted by Crippen LogP contribution is 2.30. The van der Waals surface area contributed by atoms with Gasteiger partial charge in [0.1, 0.15) is 6.61 Å². The van der Waals surface area contributed by atoms with Gasteiger partial charge >= 0.3 is 0 Å². The lowest BCUT2D eigenvalue weighted by Gasteiger charge is -2.13. The summed E-state index contributed by atoms with van der Waals surface area (Å²) in [5.74, 6) is 1.38. The fourth-order valence-corrected chi connectivity index (χ4v) is 2.96. The molecule has 0 fully saturated rings. The van der Waals surface area contributed by atoms with E-state index in [1.165, 1.54) is 5.56 Å². The zero-order valence-electron chi connectivity index (χ0n) is 16.4. The fraction of sp³-hybridized carbons (Fsp3) is 0.208. The Bertz CT molecular complexity index is 982. The van der Waals surface area contributed by atoms with Gasteiger partial charge in [0.15, 0.2) is 11.5 Å². The number of halogens is 1. The van der Waals surface area contributed by atoms with Gasteiger partial charge in [0.25, 0.3) is 0 Å². The smallest absolute Gasteiger partial charge is 0.161 e. The minimum atomic E-state index is 0.385. The maximum Gasteiger partial charge on any atom is 0.161 e. The van der Waals surface area contributed by atoms with Gasteiger partial charge in [-0.1, -0.05) is 41.9 Å². The number of nitrogens with zero attached hydrogens (tertiary/aromatic N) is 1. The minimum Gasteiger partial charge on any atom is -0.490 e. The largest absolute Gasteiger partial charge is 0.490 e. The maximum atomic E-state index is 6.21. The quantitative estimate of drug-likeness (QED) is 0.419. The monoisotopic (exact) mass is 393 g/mol. The van der Waals surface area contributed by atoms with Crippen molar-refractivity contribution < 1.29 is 9.47 Å². The fourth-order valence-electron chi connectivity index (χ4n) is 2.77. The molecule has 0 aliphatic rings. The summed E-state index contributed by atoms with van der Waals surface area (Å²) < 4.78 is 11.7. The van der Waals surface area contributed by atoms with E-state index < -0.39 is 0 Å². The summed E-state index contributed by atoms with van der Waals surface area (Å²) >= 11 is 6.21. The first-order valence-corrected chi connectivity index (χ1v) is 9.69. The summed E-state index contributed by atoms with van der Waals surface area (Å²) in [4.78, 5) is 4.63. The highest BCUT2D eigenvalue weighted by molar-refractivity contribution is 6.31. The maximum absolute atomic E-state index is 6.21. The summed E-state index contributed by atoms with van der Waals surface area (Å²) in [6.45, 7) is 7.02. The van der Waals surface area contributed by atoms with Gasteiger partial charge in [-0.15, -0.1) is 0 Å². The number of hydrogen-bond acceptors (Lipinski definition) is 3. The van der Waals surface area contributed by atoms with Crippen LogP contribution >= 0.6 is 11.6 Å². The van der Waals surface area contributed by atoms with Gasteiger partial charge in [-0.2, -0.15) is 0 Å². The second-order valence-electron chi connectivity index (χ2n) is 6.57. The van der Waals surface area contributed by atoms with Crippen LogP contribution in [0.15, 0.2) is 65.7 Å². The molecule has 3 rings (SSSR count). The standard InChI is InChI=1S/C24H24ClNO2/c1-4-27-24-14-19(15-26-22-13-17(2)9-10-18(22)3)11-12-23(24)28-16-20-7-5-6-8-21(20)25/h5-15H,4,16H2,1-3H3. The molecule has 0 aliphatic carbocycles. The van der Waals surface area contributed by atoms with Crippen LogP contribution in [0.5, 0.6) is 11.5 Å². The van der Waals surface area contributed by atoms with Crippen molar-refractivity contribution in [2.24, 2.45) is 4.99 Å².